The molecule has 4 heteroatoms. The zero-order chi connectivity index (χ0) is 8.53. The van der Waals surface area contributed by atoms with Crippen molar-refractivity contribution in [3.05, 3.63) is 12.7 Å². The molecule has 0 aromatic rings. The first-order valence-corrected chi connectivity index (χ1v) is 3.47. The molecule has 1 amide bonds. The number of hydrogen-bond acceptors (Lipinski definition) is 3. The molecule has 0 atom stereocenters. The maximum Gasteiger partial charge on any atom is 0.407 e. The highest BCUT2D eigenvalue weighted by Crippen LogP contribution is 1.76. The summed E-state index contributed by atoms with van der Waals surface area (Å²) in [4.78, 5) is 10.7. The van der Waals surface area contributed by atoms with Gasteiger partial charge in [0.25, 0.3) is 0 Å². The number of alkyl carbamates (subject to hydrolysis) is 1. The third-order valence-corrected chi connectivity index (χ3v) is 0.977. The maximum atomic E-state index is 10.7. The quantitative estimate of drug-likeness (QED) is 0.441. The van der Waals surface area contributed by atoms with E-state index >= 15 is 0 Å². The molecule has 0 bridgehead atoms. The summed E-state index contributed by atoms with van der Waals surface area (Å²) in [7, 11) is 1.82. The topological polar surface area (TPSA) is 50.4 Å². The van der Waals surface area contributed by atoms with Crippen molar-refractivity contribution in [1.29, 1.82) is 0 Å². The second-order valence-corrected chi connectivity index (χ2v) is 1.92. The van der Waals surface area contributed by atoms with E-state index in [0.717, 1.165) is 6.54 Å². The Morgan fingerprint density at radius 2 is 2.36 bits per heavy atom. The third kappa shape index (κ3) is 6.86. The van der Waals surface area contributed by atoms with Gasteiger partial charge in [-0.15, -0.1) is 0 Å². The van der Waals surface area contributed by atoms with Gasteiger partial charge < -0.3 is 15.4 Å². The van der Waals surface area contributed by atoms with Crippen molar-refractivity contribution in [3.8, 4) is 0 Å². The van der Waals surface area contributed by atoms with Crippen molar-refractivity contribution >= 4 is 6.09 Å². The van der Waals surface area contributed by atoms with E-state index in [4.69, 9.17) is 0 Å². The summed E-state index contributed by atoms with van der Waals surface area (Å²) < 4.78 is 4.64. The van der Waals surface area contributed by atoms with Crippen LogP contribution in [0.4, 0.5) is 4.79 Å². The molecule has 0 unspecified atom stereocenters. The maximum absolute atomic E-state index is 10.7. The van der Waals surface area contributed by atoms with Crippen LogP contribution in [-0.4, -0.2) is 32.8 Å². The minimum Gasteiger partial charge on any atom is -0.445 e. The zero-order valence-corrected chi connectivity index (χ0v) is 6.72. The summed E-state index contributed by atoms with van der Waals surface area (Å²) in [6, 6.07) is 0. The van der Waals surface area contributed by atoms with Crippen LogP contribution in [-0.2, 0) is 4.74 Å². The van der Waals surface area contributed by atoms with E-state index in [9.17, 15) is 4.79 Å². The van der Waals surface area contributed by atoms with Crippen molar-refractivity contribution in [2.24, 2.45) is 0 Å². The summed E-state index contributed by atoms with van der Waals surface area (Å²) in [6.07, 6.45) is 1.12. The van der Waals surface area contributed by atoms with Gasteiger partial charge in [-0.05, 0) is 7.05 Å². The van der Waals surface area contributed by atoms with E-state index in [1.54, 1.807) is 0 Å². The van der Waals surface area contributed by atoms with Gasteiger partial charge in [0, 0.05) is 13.1 Å². The van der Waals surface area contributed by atoms with E-state index < -0.39 is 6.09 Å². The van der Waals surface area contributed by atoms with Crippen LogP contribution < -0.4 is 10.6 Å². The minimum absolute atomic E-state index is 0.255. The Morgan fingerprint density at radius 1 is 1.64 bits per heavy atom. The Labute approximate surface area is 66.6 Å². The molecule has 0 spiro atoms. The van der Waals surface area contributed by atoms with Crippen LogP contribution in [0.3, 0.4) is 0 Å². The predicted molar refractivity (Wildman–Crippen MR) is 43.5 cm³/mol. The fourth-order valence-corrected chi connectivity index (χ4v) is 0.475. The van der Waals surface area contributed by atoms with Gasteiger partial charge in [0.2, 0.25) is 0 Å². The molecule has 0 radical (unpaired) electrons. The van der Waals surface area contributed by atoms with E-state index in [2.05, 4.69) is 21.9 Å². The van der Waals surface area contributed by atoms with Crippen molar-refractivity contribution in [1.82, 2.24) is 10.6 Å². The van der Waals surface area contributed by atoms with Crippen molar-refractivity contribution < 1.29 is 9.53 Å². The summed E-state index contributed by atoms with van der Waals surface area (Å²) in [5.41, 5.74) is 0. The fourth-order valence-electron chi connectivity index (χ4n) is 0.475. The van der Waals surface area contributed by atoms with Gasteiger partial charge in [-0.2, -0.15) is 0 Å². The molecule has 0 fully saturated rings. The second-order valence-electron chi connectivity index (χ2n) is 1.92. The molecule has 4 nitrogen and oxygen atoms in total. The molecule has 0 aliphatic carbocycles. The molecule has 0 aromatic heterocycles. The van der Waals surface area contributed by atoms with E-state index in [1.807, 2.05) is 7.05 Å². The monoisotopic (exact) mass is 158 g/mol. The molecule has 0 aromatic carbocycles. The smallest absolute Gasteiger partial charge is 0.407 e. The van der Waals surface area contributed by atoms with Gasteiger partial charge in [-0.1, -0.05) is 12.7 Å². The van der Waals surface area contributed by atoms with E-state index in [0.29, 0.717) is 6.54 Å². The highest BCUT2D eigenvalue weighted by atomic mass is 16.5. The zero-order valence-electron chi connectivity index (χ0n) is 6.72. The molecule has 64 valence electrons. The van der Waals surface area contributed by atoms with Crippen LogP contribution in [0.2, 0.25) is 0 Å². The first kappa shape index (κ1) is 9.97. The lowest BCUT2D eigenvalue weighted by molar-refractivity contribution is 0.158. The van der Waals surface area contributed by atoms with Crippen LogP contribution in [0.25, 0.3) is 0 Å². The molecule has 0 saturated carbocycles. The number of hydrogen-bond donors (Lipinski definition) is 2. The largest absolute Gasteiger partial charge is 0.445 e. The van der Waals surface area contributed by atoms with Gasteiger partial charge in [0.1, 0.15) is 6.61 Å². The number of ether oxygens (including phenoxy) is 1. The van der Waals surface area contributed by atoms with Gasteiger partial charge in [0.05, 0.1) is 0 Å². The van der Waals surface area contributed by atoms with Gasteiger partial charge in [-0.3, -0.25) is 0 Å². The van der Waals surface area contributed by atoms with Crippen LogP contribution in [0.5, 0.6) is 0 Å². The van der Waals surface area contributed by atoms with E-state index in [1.165, 1.54) is 6.08 Å². The van der Waals surface area contributed by atoms with Crippen molar-refractivity contribution in [2.75, 3.05) is 26.7 Å². The summed E-state index contributed by atoms with van der Waals surface area (Å²) in [6.45, 7) is 4.98. The standard InChI is InChI=1S/C7H14N2O2/c1-3-6-11-7(10)9-5-4-8-2/h3,8H,1,4-6H2,2H3,(H,9,10). The predicted octanol–water partition coefficient (Wildman–Crippen LogP) is 0.118. The molecule has 2 N–H and O–H groups in total. The van der Waals surface area contributed by atoms with Gasteiger partial charge >= 0.3 is 6.09 Å². The molecular formula is C7H14N2O2. The Hall–Kier alpha value is -1.03. The summed E-state index contributed by atoms with van der Waals surface area (Å²) in [5.74, 6) is 0. The molecule has 0 rings (SSSR count). The third-order valence-electron chi connectivity index (χ3n) is 0.977. The molecule has 0 saturated heterocycles. The number of rotatable bonds is 5. The average Bonchev–Trinajstić information content (AvgIpc) is 2.01. The number of carbonyl (C=O) groups excluding carboxylic acids is 1. The highest BCUT2D eigenvalue weighted by molar-refractivity contribution is 5.67. The first-order valence-electron chi connectivity index (χ1n) is 3.47. The Bertz CT molecular complexity index is 126. The fraction of sp³-hybridized carbons (Fsp3) is 0.571. The Balaban J connectivity index is 3.15. The molecule has 0 heterocycles. The molecule has 0 aliphatic heterocycles. The Kier molecular flexibility index (Phi) is 6.42. The first-order chi connectivity index (χ1) is 5.31. The number of amides is 1. The number of nitrogens with one attached hydrogen (secondary N) is 2. The van der Waals surface area contributed by atoms with Gasteiger partial charge in [0.15, 0.2) is 0 Å². The van der Waals surface area contributed by atoms with Crippen LogP contribution in [0, 0.1) is 0 Å². The lowest BCUT2D eigenvalue weighted by atomic mass is 10.6. The normalized spacial score (nSPS) is 8.82. The highest BCUT2D eigenvalue weighted by Gasteiger charge is 1.96. The van der Waals surface area contributed by atoms with Gasteiger partial charge in [-0.25, -0.2) is 4.79 Å². The second kappa shape index (κ2) is 7.08. The SMILES string of the molecule is C=CCOC(=O)NCCNC. The minimum atomic E-state index is -0.403. The lowest BCUT2D eigenvalue weighted by Crippen LogP contribution is -2.30. The van der Waals surface area contributed by atoms with E-state index in [-0.39, 0.29) is 6.61 Å². The summed E-state index contributed by atoms with van der Waals surface area (Å²) >= 11 is 0. The molecule has 0 aliphatic rings. The van der Waals surface area contributed by atoms with Crippen LogP contribution in [0.15, 0.2) is 12.7 Å². The van der Waals surface area contributed by atoms with Crippen LogP contribution in [0.1, 0.15) is 0 Å². The van der Waals surface area contributed by atoms with Crippen molar-refractivity contribution in [3.63, 3.8) is 0 Å². The van der Waals surface area contributed by atoms with Crippen LogP contribution >= 0.6 is 0 Å². The molecular weight excluding hydrogens is 144 g/mol. The van der Waals surface area contributed by atoms with Crippen molar-refractivity contribution in [2.45, 2.75) is 0 Å². The Morgan fingerprint density at radius 3 is 2.91 bits per heavy atom. The average molecular weight is 158 g/mol. The lowest BCUT2D eigenvalue weighted by Gasteiger charge is -2.03. The number of likely N-dealkylation sites (N-methyl/N-ethyl adjacent to an activating group) is 1. The number of carbonyl (C=O) groups is 1. The molecule has 11 heavy (non-hydrogen) atoms. The summed E-state index contributed by atoms with van der Waals surface area (Å²) in [5, 5.41) is 5.44.